The number of hydrogen-bond acceptors (Lipinski definition) is 6. The molecule has 0 aliphatic heterocycles. The van der Waals surface area contributed by atoms with Crippen LogP contribution in [-0.2, 0) is 15.8 Å². The molecule has 1 heterocycles. The van der Waals surface area contributed by atoms with Gasteiger partial charge in [-0.15, -0.1) is 10.2 Å². The van der Waals surface area contributed by atoms with Crippen molar-refractivity contribution in [3.63, 3.8) is 0 Å². The number of carbonyl (C=O) groups is 2. The molecule has 0 saturated carbocycles. The number of carboxylic acid groups (broad SMARTS) is 1. The highest BCUT2D eigenvalue weighted by molar-refractivity contribution is 7.15. The maximum atomic E-state index is 12.1. The Kier molecular flexibility index (Phi) is 3.99. The van der Waals surface area contributed by atoms with Crippen molar-refractivity contribution in [2.24, 2.45) is 0 Å². The average molecular weight is 268 g/mol. The molecule has 0 radical (unpaired) electrons. The van der Waals surface area contributed by atoms with Crippen molar-refractivity contribution in [1.29, 1.82) is 0 Å². The van der Waals surface area contributed by atoms with Crippen LogP contribution < -0.4 is 10.4 Å². The Morgan fingerprint density at radius 3 is 2.41 bits per heavy atom. The predicted octanol–water partition coefficient (Wildman–Crippen LogP) is 0.0255. The van der Waals surface area contributed by atoms with Gasteiger partial charge in [-0.05, 0) is 6.42 Å². The summed E-state index contributed by atoms with van der Waals surface area (Å²) in [5.41, 5.74) is 0. The van der Waals surface area contributed by atoms with Crippen molar-refractivity contribution in [3.05, 3.63) is 5.01 Å². The van der Waals surface area contributed by atoms with Crippen LogP contribution in [-0.4, -0.2) is 22.1 Å². The van der Waals surface area contributed by atoms with E-state index in [4.69, 9.17) is 0 Å². The van der Waals surface area contributed by atoms with E-state index in [1.165, 1.54) is 0 Å². The lowest BCUT2D eigenvalue weighted by Gasteiger charge is -2.01. The van der Waals surface area contributed by atoms with Crippen molar-refractivity contribution < 1.29 is 27.9 Å². The molecule has 0 bridgehead atoms. The Morgan fingerprint density at radius 2 is 1.94 bits per heavy atom. The van der Waals surface area contributed by atoms with Crippen LogP contribution in [0, 0.1) is 0 Å². The topological polar surface area (TPSA) is 95.0 Å². The molecule has 94 valence electrons. The number of nitrogens with zero attached hydrogens (tertiary/aromatic N) is 2. The summed E-state index contributed by atoms with van der Waals surface area (Å²) < 4.78 is 36.3. The van der Waals surface area contributed by atoms with E-state index in [0.717, 1.165) is 0 Å². The van der Waals surface area contributed by atoms with E-state index in [1.807, 2.05) is 5.32 Å². The van der Waals surface area contributed by atoms with Gasteiger partial charge in [0.05, 0.1) is 0 Å². The smallest absolute Gasteiger partial charge is 0.445 e. The van der Waals surface area contributed by atoms with E-state index in [2.05, 4.69) is 10.2 Å². The number of amides is 1. The monoisotopic (exact) mass is 268 g/mol. The molecule has 0 aromatic carbocycles. The molecule has 1 aromatic heterocycles. The van der Waals surface area contributed by atoms with Crippen molar-refractivity contribution in [2.75, 3.05) is 5.32 Å². The number of alkyl halides is 3. The van der Waals surface area contributed by atoms with Gasteiger partial charge in [0.1, 0.15) is 0 Å². The molecule has 0 aliphatic rings. The molecule has 1 N–H and O–H groups in total. The minimum absolute atomic E-state index is 0.160. The number of hydrogen-bond donors (Lipinski definition) is 1. The summed E-state index contributed by atoms with van der Waals surface area (Å²) in [6, 6.07) is 0. The molecule has 6 nitrogen and oxygen atoms in total. The molecular formula is C7H5F3N3O3S-. The molecule has 17 heavy (non-hydrogen) atoms. The fourth-order valence-corrected chi connectivity index (χ4v) is 1.41. The number of halogens is 3. The standard InChI is InChI=1S/C7H6F3N3O3S/c8-7(9,10)5-12-13-6(17-5)11-3(14)1-2-4(15)16/h1-2H2,(H,15,16)(H,11,13,14)/p-1. The second-order valence-electron chi connectivity index (χ2n) is 2.83. The van der Waals surface area contributed by atoms with E-state index < -0.39 is 35.9 Å². The van der Waals surface area contributed by atoms with Gasteiger partial charge in [-0.25, -0.2) is 0 Å². The number of nitrogens with one attached hydrogen (secondary N) is 1. The van der Waals surface area contributed by atoms with E-state index in [9.17, 15) is 27.9 Å². The number of aliphatic carboxylic acids is 1. The van der Waals surface area contributed by atoms with Crippen LogP contribution in [0.4, 0.5) is 18.3 Å². The first kappa shape index (κ1) is 13.4. The fourth-order valence-electron chi connectivity index (χ4n) is 0.786. The first-order valence-electron chi connectivity index (χ1n) is 4.19. The zero-order valence-corrected chi connectivity index (χ0v) is 8.89. The molecule has 0 fully saturated rings. The van der Waals surface area contributed by atoms with Crippen molar-refractivity contribution >= 4 is 28.3 Å². The van der Waals surface area contributed by atoms with Gasteiger partial charge in [0.25, 0.3) is 0 Å². The number of anilines is 1. The van der Waals surface area contributed by atoms with Gasteiger partial charge in [0, 0.05) is 12.4 Å². The first-order valence-corrected chi connectivity index (χ1v) is 5.01. The van der Waals surface area contributed by atoms with Gasteiger partial charge in [-0.1, -0.05) is 11.3 Å². The van der Waals surface area contributed by atoms with Crippen LogP contribution in [0.15, 0.2) is 0 Å². The SMILES string of the molecule is O=C([O-])CCC(=O)Nc1nnc(C(F)(F)F)s1. The minimum atomic E-state index is -4.62. The molecule has 0 unspecified atom stereocenters. The third kappa shape index (κ3) is 4.34. The van der Waals surface area contributed by atoms with Crippen LogP contribution in [0.2, 0.25) is 0 Å². The summed E-state index contributed by atoms with van der Waals surface area (Å²) >= 11 is 0.160. The summed E-state index contributed by atoms with van der Waals surface area (Å²) in [5.74, 6) is -2.19. The maximum Gasteiger partial charge on any atom is 0.445 e. The van der Waals surface area contributed by atoms with Crippen molar-refractivity contribution in [1.82, 2.24) is 10.2 Å². The zero-order chi connectivity index (χ0) is 13.1. The first-order chi connectivity index (χ1) is 7.79. The number of aromatic nitrogens is 2. The largest absolute Gasteiger partial charge is 0.550 e. The molecule has 0 saturated heterocycles. The molecule has 1 aromatic rings. The Hall–Kier alpha value is -1.71. The van der Waals surface area contributed by atoms with E-state index >= 15 is 0 Å². The second kappa shape index (κ2) is 5.08. The Balaban J connectivity index is 2.55. The Labute approximate surface area is 96.5 Å². The minimum Gasteiger partial charge on any atom is -0.550 e. The van der Waals surface area contributed by atoms with Gasteiger partial charge in [0.15, 0.2) is 0 Å². The molecule has 1 rings (SSSR count). The average Bonchev–Trinajstić information content (AvgIpc) is 2.62. The van der Waals surface area contributed by atoms with Gasteiger partial charge in [-0.2, -0.15) is 13.2 Å². The maximum absolute atomic E-state index is 12.1. The number of carboxylic acids is 1. The molecular weight excluding hydrogens is 263 g/mol. The van der Waals surface area contributed by atoms with Crippen molar-refractivity contribution in [2.45, 2.75) is 19.0 Å². The van der Waals surface area contributed by atoms with Crippen LogP contribution in [0.3, 0.4) is 0 Å². The van der Waals surface area contributed by atoms with E-state index in [1.54, 1.807) is 0 Å². The molecule has 0 aliphatic carbocycles. The lowest BCUT2D eigenvalue weighted by atomic mass is 10.3. The van der Waals surface area contributed by atoms with Crippen LogP contribution in [0.5, 0.6) is 0 Å². The van der Waals surface area contributed by atoms with Crippen LogP contribution >= 0.6 is 11.3 Å². The summed E-state index contributed by atoms with van der Waals surface area (Å²) in [7, 11) is 0. The Bertz CT molecular complexity index is 431. The normalized spacial score (nSPS) is 11.2. The molecule has 0 spiro atoms. The second-order valence-corrected chi connectivity index (χ2v) is 3.81. The third-order valence-corrected chi connectivity index (χ3v) is 2.35. The number of carbonyl (C=O) groups excluding carboxylic acids is 2. The third-order valence-electron chi connectivity index (χ3n) is 1.47. The molecule has 10 heteroatoms. The summed E-state index contributed by atoms with van der Waals surface area (Å²) in [5, 5.41) is 16.5. The molecule has 0 atom stereocenters. The molecule has 1 amide bonds. The van der Waals surface area contributed by atoms with Crippen LogP contribution in [0.1, 0.15) is 17.8 Å². The highest BCUT2D eigenvalue weighted by Crippen LogP contribution is 2.32. The summed E-state index contributed by atoms with van der Waals surface area (Å²) in [6.07, 6.45) is -5.54. The fraction of sp³-hybridized carbons (Fsp3) is 0.429. The van der Waals surface area contributed by atoms with Crippen molar-refractivity contribution in [3.8, 4) is 0 Å². The quantitative estimate of drug-likeness (QED) is 0.831. The van der Waals surface area contributed by atoms with Gasteiger partial charge in [-0.3, -0.25) is 4.79 Å². The van der Waals surface area contributed by atoms with E-state index in [-0.39, 0.29) is 16.5 Å². The lowest BCUT2D eigenvalue weighted by Crippen LogP contribution is -2.24. The van der Waals surface area contributed by atoms with Gasteiger partial charge in [0.2, 0.25) is 16.0 Å². The highest BCUT2D eigenvalue weighted by Gasteiger charge is 2.35. The predicted molar refractivity (Wildman–Crippen MR) is 47.8 cm³/mol. The summed E-state index contributed by atoms with van der Waals surface area (Å²) in [6.45, 7) is 0. The highest BCUT2D eigenvalue weighted by atomic mass is 32.1. The van der Waals surface area contributed by atoms with Gasteiger partial charge >= 0.3 is 6.18 Å². The van der Waals surface area contributed by atoms with Gasteiger partial charge < -0.3 is 15.2 Å². The van der Waals surface area contributed by atoms with E-state index in [0.29, 0.717) is 0 Å². The van der Waals surface area contributed by atoms with Crippen LogP contribution in [0.25, 0.3) is 0 Å². The Morgan fingerprint density at radius 1 is 1.29 bits per heavy atom. The summed E-state index contributed by atoms with van der Waals surface area (Å²) in [4.78, 5) is 21.1. The lowest BCUT2D eigenvalue weighted by molar-refractivity contribution is -0.305. The number of rotatable bonds is 4. The zero-order valence-electron chi connectivity index (χ0n) is 8.08.